The Morgan fingerprint density at radius 1 is 1.10 bits per heavy atom. The Morgan fingerprint density at radius 2 is 1.90 bits per heavy atom. The fraction of sp³-hybridized carbons (Fsp3) is 0.421. The van der Waals surface area contributed by atoms with Crippen LogP contribution in [0.1, 0.15) is 26.7 Å². The first-order valence-corrected chi connectivity index (χ1v) is 10.6. The molecule has 3 aromatic rings. The Kier molecular flexibility index (Phi) is 6.86. The second-order valence-electron chi connectivity index (χ2n) is 6.46. The van der Waals surface area contributed by atoms with Gasteiger partial charge in [-0.2, -0.15) is 0 Å². The number of unbranched alkanes of at least 4 members (excludes halogenated alkanes) is 1. The van der Waals surface area contributed by atoms with Gasteiger partial charge in [0.1, 0.15) is 0 Å². The number of rotatable bonds is 9. The SMILES string of the molecule is CCCCn1c(=O)c2ccccc2n2c(SCC(=O)NCC(=O)NCC)nnc12. The molecule has 0 unspecified atom stereocenters. The van der Waals surface area contributed by atoms with Crippen LogP contribution in [0.25, 0.3) is 16.7 Å². The Morgan fingerprint density at radius 3 is 2.66 bits per heavy atom. The Bertz CT molecular complexity index is 1090. The van der Waals surface area contributed by atoms with Gasteiger partial charge in [0.05, 0.1) is 23.2 Å². The maximum Gasteiger partial charge on any atom is 0.262 e. The number of aryl methyl sites for hydroxylation is 1. The lowest BCUT2D eigenvalue weighted by Crippen LogP contribution is -2.37. The van der Waals surface area contributed by atoms with Gasteiger partial charge in [-0.05, 0) is 25.5 Å². The summed E-state index contributed by atoms with van der Waals surface area (Å²) in [5.74, 6) is 0.0431. The average Bonchev–Trinajstić information content (AvgIpc) is 3.15. The molecule has 0 saturated heterocycles. The maximum absolute atomic E-state index is 12.9. The molecule has 0 radical (unpaired) electrons. The van der Waals surface area contributed by atoms with E-state index in [0.717, 1.165) is 12.8 Å². The highest BCUT2D eigenvalue weighted by molar-refractivity contribution is 7.99. The normalized spacial score (nSPS) is 11.1. The summed E-state index contributed by atoms with van der Waals surface area (Å²) in [5.41, 5.74) is 0.612. The van der Waals surface area contributed by atoms with Crippen molar-refractivity contribution < 1.29 is 9.59 Å². The van der Waals surface area contributed by atoms with Crippen LogP contribution in [-0.4, -0.2) is 49.8 Å². The van der Waals surface area contributed by atoms with E-state index in [0.29, 0.717) is 34.9 Å². The van der Waals surface area contributed by atoms with Crippen molar-refractivity contribution in [1.82, 2.24) is 29.8 Å². The van der Waals surface area contributed by atoms with Crippen LogP contribution in [0.4, 0.5) is 0 Å². The van der Waals surface area contributed by atoms with E-state index in [2.05, 4.69) is 27.8 Å². The standard InChI is InChI=1S/C19H24N6O3S/c1-3-5-10-24-17(28)13-8-6-7-9-14(13)25-18(24)22-23-19(25)29-12-16(27)21-11-15(26)20-4-2/h6-9H,3-5,10-12H2,1-2H3,(H,20,26)(H,21,27). The van der Waals surface area contributed by atoms with E-state index in [1.54, 1.807) is 10.6 Å². The summed E-state index contributed by atoms with van der Waals surface area (Å²) < 4.78 is 3.45. The lowest BCUT2D eigenvalue weighted by atomic mass is 10.2. The van der Waals surface area contributed by atoms with Crippen LogP contribution in [0.3, 0.4) is 0 Å². The van der Waals surface area contributed by atoms with Crippen LogP contribution in [0.2, 0.25) is 0 Å². The van der Waals surface area contributed by atoms with E-state index in [1.807, 2.05) is 29.5 Å². The molecule has 2 aromatic heterocycles. The number of amides is 2. The van der Waals surface area contributed by atoms with Gasteiger partial charge in [0.15, 0.2) is 5.16 Å². The first kappa shape index (κ1) is 20.8. The third kappa shape index (κ3) is 4.58. The summed E-state index contributed by atoms with van der Waals surface area (Å²) >= 11 is 1.21. The molecule has 10 heteroatoms. The van der Waals surface area contributed by atoms with Crippen molar-refractivity contribution in [3.05, 3.63) is 34.6 Å². The maximum atomic E-state index is 12.9. The average molecular weight is 417 g/mol. The molecular formula is C19H24N6O3S. The van der Waals surface area contributed by atoms with Gasteiger partial charge in [0, 0.05) is 13.1 Å². The van der Waals surface area contributed by atoms with Crippen LogP contribution < -0.4 is 16.2 Å². The molecule has 29 heavy (non-hydrogen) atoms. The Balaban J connectivity index is 1.88. The Labute approximate surface area is 171 Å². The minimum Gasteiger partial charge on any atom is -0.355 e. The van der Waals surface area contributed by atoms with E-state index in [1.165, 1.54) is 11.8 Å². The fourth-order valence-corrected chi connectivity index (χ4v) is 3.73. The molecule has 0 spiro atoms. The molecule has 3 rings (SSSR count). The summed E-state index contributed by atoms with van der Waals surface area (Å²) in [7, 11) is 0. The summed E-state index contributed by atoms with van der Waals surface area (Å²) in [6, 6.07) is 7.31. The number of aromatic nitrogens is 4. The van der Waals surface area contributed by atoms with Gasteiger partial charge in [0.25, 0.3) is 5.56 Å². The van der Waals surface area contributed by atoms with E-state index in [9.17, 15) is 14.4 Å². The number of carbonyl (C=O) groups is 2. The van der Waals surface area contributed by atoms with Crippen molar-refractivity contribution in [2.45, 2.75) is 38.4 Å². The smallest absolute Gasteiger partial charge is 0.262 e. The van der Waals surface area contributed by atoms with Crippen molar-refractivity contribution in [3.63, 3.8) is 0 Å². The van der Waals surface area contributed by atoms with Gasteiger partial charge in [-0.15, -0.1) is 10.2 Å². The van der Waals surface area contributed by atoms with Crippen molar-refractivity contribution in [2.75, 3.05) is 18.8 Å². The number of nitrogens with one attached hydrogen (secondary N) is 2. The van der Waals surface area contributed by atoms with Crippen LogP contribution in [0.5, 0.6) is 0 Å². The third-order valence-corrected chi connectivity index (χ3v) is 5.29. The number of fused-ring (bicyclic) bond motifs is 3. The quantitative estimate of drug-likeness (QED) is 0.507. The molecule has 2 N–H and O–H groups in total. The number of hydrogen-bond donors (Lipinski definition) is 2. The molecule has 2 amide bonds. The molecule has 0 aliphatic heterocycles. The predicted molar refractivity (Wildman–Crippen MR) is 112 cm³/mol. The predicted octanol–water partition coefficient (Wildman–Crippen LogP) is 1.19. The lowest BCUT2D eigenvalue weighted by Gasteiger charge is -2.10. The molecule has 154 valence electrons. The van der Waals surface area contributed by atoms with E-state index in [4.69, 9.17) is 0 Å². The third-order valence-electron chi connectivity index (χ3n) is 4.37. The number of thioether (sulfide) groups is 1. The topological polar surface area (TPSA) is 110 Å². The van der Waals surface area contributed by atoms with Crippen LogP contribution in [0.15, 0.2) is 34.2 Å². The van der Waals surface area contributed by atoms with Gasteiger partial charge in [-0.3, -0.25) is 23.4 Å². The number of hydrogen-bond acceptors (Lipinski definition) is 6. The number of para-hydroxylation sites is 1. The molecule has 1 aromatic carbocycles. The molecule has 0 aliphatic carbocycles. The largest absolute Gasteiger partial charge is 0.355 e. The molecule has 0 aliphatic rings. The highest BCUT2D eigenvalue weighted by Crippen LogP contribution is 2.21. The van der Waals surface area contributed by atoms with E-state index in [-0.39, 0.29) is 29.7 Å². The van der Waals surface area contributed by atoms with E-state index >= 15 is 0 Å². The van der Waals surface area contributed by atoms with E-state index < -0.39 is 0 Å². The highest BCUT2D eigenvalue weighted by atomic mass is 32.2. The fourth-order valence-electron chi connectivity index (χ4n) is 2.96. The molecular weight excluding hydrogens is 392 g/mol. The van der Waals surface area contributed by atoms with Gasteiger partial charge >= 0.3 is 0 Å². The highest BCUT2D eigenvalue weighted by Gasteiger charge is 2.17. The lowest BCUT2D eigenvalue weighted by molar-refractivity contribution is -0.124. The van der Waals surface area contributed by atoms with Crippen molar-refractivity contribution in [2.24, 2.45) is 0 Å². The van der Waals surface area contributed by atoms with Gasteiger partial charge in [-0.1, -0.05) is 37.2 Å². The van der Waals surface area contributed by atoms with Crippen LogP contribution >= 0.6 is 11.8 Å². The minimum absolute atomic E-state index is 0.0622. The van der Waals surface area contributed by atoms with Crippen LogP contribution in [-0.2, 0) is 16.1 Å². The number of benzene rings is 1. The summed E-state index contributed by atoms with van der Waals surface area (Å²) in [5, 5.41) is 14.7. The van der Waals surface area contributed by atoms with Crippen molar-refractivity contribution in [1.29, 1.82) is 0 Å². The zero-order valence-corrected chi connectivity index (χ0v) is 17.3. The van der Waals surface area contributed by atoms with Crippen LogP contribution in [0, 0.1) is 0 Å². The summed E-state index contributed by atoms with van der Waals surface area (Å²) in [4.78, 5) is 36.4. The molecule has 9 nitrogen and oxygen atoms in total. The molecule has 0 saturated carbocycles. The zero-order chi connectivity index (χ0) is 20.8. The molecule has 0 bridgehead atoms. The number of nitrogens with zero attached hydrogens (tertiary/aromatic N) is 4. The van der Waals surface area contributed by atoms with Crippen molar-refractivity contribution >= 4 is 40.3 Å². The zero-order valence-electron chi connectivity index (χ0n) is 16.5. The minimum atomic E-state index is -0.276. The first-order chi connectivity index (χ1) is 14.1. The second kappa shape index (κ2) is 9.55. The molecule has 2 heterocycles. The molecule has 0 atom stereocenters. The van der Waals surface area contributed by atoms with Crippen molar-refractivity contribution in [3.8, 4) is 0 Å². The first-order valence-electron chi connectivity index (χ1n) is 9.59. The summed E-state index contributed by atoms with van der Waals surface area (Å²) in [6.07, 6.45) is 1.80. The number of likely N-dealkylation sites (N-methyl/N-ethyl adjacent to an activating group) is 1. The summed E-state index contributed by atoms with van der Waals surface area (Å²) in [6.45, 7) is 4.89. The second-order valence-corrected chi connectivity index (χ2v) is 7.41. The monoisotopic (exact) mass is 416 g/mol. The van der Waals surface area contributed by atoms with Gasteiger partial charge < -0.3 is 10.6 Å². The molecule has 0 fully saturated rings. The number of carbonyl (C=O) groups excluding carboxylic acids is 2. The van der Waals surface area contributed by atoms with Gasteiger partial charge in [0.2, 0.25) is 17.6 Å². The Hall–Kier alpha value is -2.88. The van der Waals surface area contributed by atoms with Gasteiger partial charge in [-0.25, -0.2) is 0 Å².